The fourth-order valence-electron chi connectivity index (χ4n) is 2.83. The Morgan fingerprint density at radius 1 is 1.24 bits per heavy atom. The molecule has 2 atom stereocenters. The number of esters is 1. The molecule has 1 aliphatic rings. The van der Waals surface area contributed by atoms with Crippen LogP contribution in [0, 0.1) is 17.3 Å². The minimum Gasteiger partial charge on any atom is -0.459 e. The molecule has 2 nitrogen and oxygen atoms in total. The molecule has 3 heteroatoms. The van der Waals surface area contributed by atoms with Crippen molar-refractivity contribution in [2.24, 2.45) is 17.3 Å². The molecule has 0 spiro atoms. The monoisotopic (exact) mass is 306 g/mol. The van der Waals surface area contributed by atoms with E-state index in [1.54, 1.807) is 0 Å². The van der Waals surface area contributed by atoms with Gasteiger partial charge >= 0.3 is 5.97 Å². The number of carbonyl (C=O) groups excluding carboxylic acids is 1. The van der Waals surface area contributed by atoms with Crippen LogP contribution in [0.5, 0.6) is 0 Å². The second-order valence-corrected chi connectivity index (χ2v) is 8.44. The average molecular weight is 306 g/mol. The highest BCUT2D eigenvalue weighted by molar-refractivity contribution is 7.99. The third-order valence-corrected chi connectivity index (χ3v) is 6.04. The van der Waals surface area contributed by atoms with Crippen molar-refractivity contribution in [3.05, 3.63) is 30.3 Å². The maximum absolute atomic E-state index is 12.1. The van der Waals surface area contributed by atoms with Gasteiger partial charge in [0, 0.05) is 16.6 Å². The Morgan fingerprint density at radius 2 is 1.86 bits per heavy atom. The number of carbonyl (C=O) groups is 1. The van der Waals surface area contributed by atoms with Gasteiger partial charge in [0.05, 0.1) is 5.92 Å². The third kappa shape index (κ3) is 4.03. The van der Waals surface area contributed by atoms with E-state index in [0.717, 1.165) is 12.2 Å². The molecule has 1 saturated heterocycles. The van der Waals surface area contributed by atoms with Gasteiger partial charge in [-0.1, -0.05) is 39.0 Å². The first-order valence-electron chi connectivity index (χ1n) is 7.62. The molecule has 1 heterocycles. The van der Waals surface area contributed by atoms with Gasteiger partial charge in [-0.05, 0) is 37.8 Å². The van der Waals surface area contributed by atoms with Gasteiger partial charge in [-0.15, -0.1) is 11.8 Å². The Kier molecular flexibility index (Phi) is 4.72. The lowest BCUT2D eigenvalue weighted by Gasteiger charge is -2.29. The van der Waals surface area contributed by atoms with Crippen LogP contribution in [0.25, 0.3) is 0 Å². The molecular formula is C18H26O2S. The Labute approximate surface area is 132 Å². The first kappa shape index (κ1) is 16.4. The second kappa shape index (κ2) is 6.04. The van der Waals surface area contributed by atoms with Crippen molar-refractivity contribution in [1.82, 2.24) is 0 Å². The van der Waals surface area contributed by atoms with Crippen LogP contribution in [-0.2, 0) is 9.53 Å². The molecule has 0 bridgehead atoms. The predicted octanol–water partition coefficient (Wildman–Crippen LogP) is 4.78. The standard InChI is InChI=1S/C18H26O2S/c1-13-15(16(19)20-18(13,4)5)11-17(2,3)12-21-14-9-7-6-8-10-14/h6-10,13,15H,11-12H2,1-5H3/t13-,15-/m1/s1. The molecule has 1 aromatic carbocycles. The molecule has 0 saturated carbocycles. The minimum absolute atomic E-state index is 0.0198. The highest BCUT2D eigenvalue weighted by Gasteiger charge is 2.48. The van der Waals surface area contributed by atoms with E-state index in [9.17, 15) is 4.79 Å². The highest BCUT2D eigenvalue weighted by Crippen LogP contribution is 2.43. The summed E-state index contributed by atoms with van der Waals surface area (Å²) in [5.74, 6) is 1.27. The van der Waals surface area contributed by atoms with Crippen molar-refractivity contribution in [2.75, 3.05) is 5.75 Å². The number of rotatable bonds is 5. The van der Waals surface area contributed by atoms with E-state index in [4.69, 9.17) is 4.74 Å². The summed E-state index contributed by atoms with van der Waals surface area (Å²) in [7, 11) is 0. The molecule has 0 amide bonds. The van der Waals surface area contributed by atoms with Gasteiger partial charge in [-0.3, -0.25) is 4.79 Å². The fourth-order valence-corrected chi connectivity index (χ4v) is 3.85. The number of thioether (sulfide) groups is 1. The van der Waals surface area contributed by atoms with E-state index < -0.39 is 0 Å². The second-order valence-electron chi connectivity index (χ2n) is 7.39. The van der Waals surface area contributed by atoms with Crippen molar-refractivity contribution in [2.45, 2.75) is 51.5 Å². The molecule has 21 heavy (non-hydrogen) atoms. The van der Waals surface area contributed by atoms with Crippen molar-refractivity contribution in [1.29, 1.82) is 0 Å². The first-order chi connectivity index (χ1) is 9.71. The number of hydrogen-bond acceptors (Lipinski definition) is 3. The van der Waals surface area contributed by atoms with E-state index in [-0.39, 0.29) is 28.8 Å². The molecule has 0 aliphatic carbocycles. The summed E-state index contributed by atoms with van der Waals surface area (Å²) in [6.45, 7) is 10.7. The van der Waals surface area contributed by atoms with Crippen LogP contribution in [0.2, 0.25) is 0 Å². The summed E-state index contributed by atoms with van der Waals surface area (Å²) < 4.78 is 5.54. The van der Waals surface area contributed by atoms with E-state index in [1.165, 1.54) is 4.90 Å². The highest BCUT2D eigenvalue weighted by atomic mass is 32.2. The van der Waals surface area contributed by atoms with Gasteiger partial charge in [-0.2, -0.15) is 0 Å². The van der Waals surface area contributed by atoms with Crippen LogP contribution in [-0.4, -0.2) is 17.3 Å². The summed E-state index contributed by atoms with van der Waals surface area (Å²) in [4.78, 5) is 13.4. The Hall–Kier alpha value is -0.960. The van der Waals surface area contributed by atoms with Crippen molar-refractivity contribution >= 4 is 17.7 Å². The van der Waals surface area contributed by atoms with Gasteiger partial charge in [0.2, 0.25) is 0 Å². The molecule has 0 unspecified atom stereocenters. The van der Waals surface area contributed by atoms with E-state index >= 15 is 0 Å². The van der Waals surface area contributed by atoms with Crippen LogP contribution in [0.3, 0.4) is 0 Å². The lowest BCUT2D eigenvalue weighted by Crippen LogP contribution is -2.30. The van der Waals surface area contributed by atoms with E-state index in [2.05, 4.69) is 45.0 Å². The normalized spacial score (nSPS) is 24.9. The maximum Gasteiger partial charge on any atom is 0.309 e. The zero-order chi connectivity index (χ0) is 15.7. The molecule has 116 valence electrons. The summed E-state index contributed by atoms with van der Waals surface area (Å²) in [5.41, 5.74) is -0.219. The average Bonchev–Trinajstić information content (AvgIpc) is 2.60. The maximum atomic E-state index is 12.1. The molecule has 0 aromatic heterocycles. The predicted molar refractivity (Wildman–Crippen MR) is 88.4 cm³/mol. The van der Waals surface area contributed by atoms with Gasteiger partial charge in [-0.25, -0.2) is 0 Å². The molecule has 0 N–H and O–H groups in total. The molecule has 1 aromatic rings. The number of ether oxygens (including phenoxy) is 1. The third-order valence-electron chi connectivity index (χ3n) is 4.51. The van der Waals surface area contributed by atoms with Crippen LogP contribution in [0.1, 0.15) is 41.0 Å². The number of cyclic esters (lactones) is 1. The molecule has 1 aliphatic heterocycles. The fraction of sp³-hybridized carbons (Fsp3) is 0.611. The van der Waals surface area contributed by atoms with Gasteiger partial charge in [0.15, 0.2) is 0 Å². The largest absolute Gasteiger partial charge is 0.459 e. The van der Waals surface area contributed by atoms with Gasteiger partial charge in [0.25, 0.3) is 0 Å². The molecular weight excluding hydrogens is 280 g/mol. The van der Waals surface area contributed by atoms with E-state index in [0.29, 0.717) is 0 Å². The lowest BCUT2D eigenvalue weighted by molar-refractivity contribution is -0.149. The summed E-state index contributed by atoms with van der Waals surface area (Å²) in [6, 6.07) is 10.4. The Bertz CT molecular complexity index is 493. The summed E-state index contributed by atoms with van der Waals surface area (Å²) in [6.07, 6.45) is 0.885. The molecule has 2 rings (SSSR count). The Morgan fingerprint density at radius 3 is 2.38 bits per heavy atom. The Balaban J connectivity index is 1.96. The van der Waals surface area contributed by atoms with Crippen molar-refractivity contribution < 1.29 is 9.53 Å². The topological polar surface area (TPSA) is 26.3 Å². The zero-order valence-corrected chi connectivity index (χ0v) is 14.5. The lowest BCUT2D eigenvalue weighted by atomic mass is 9.76. The van der Waals surface area contributed by atoms with Crippen LogP contribution in [0.4, 0.5) is 0 Å². The molecule has 0 radical (unpaired) electrons. The first-order valence-corrected chi connectivity index (χ1v) is 8.60. The summed E-state index contributed by atoms with van der Waals surface area (Å²) in [5, 5.41) is 0. The van der Waals surface area contributed by atoms with Crippen LogP contribution in [0.15, 0.2) is 35.2 Å². The minimum atomic E-state index is -0.329. The zero-order valence-electron chi connectivity index (χ0n) is 13.7. The van der Waals surface area contributed by atoms with Crippen LogP contribution < -0.4 is 0 Å². The van der Waals surface area contributed by atoms with Gasteiger partial charge in [0.1, 0.15) is 5.60 Å². The molecule has 1 fully saturated rings. The van der Waals surface area contributed by atoms with Gasteiger partial charge < -0.3 is 4.74 Å². The van der Waals surface area contributed by atoms with Crippen LogP contribution >= 0.6 is 11.8 Å². The van der Waals surface area contributed by atoms with Crippen molar-refractivity contribution in [3.8, 4) is 0 Å². The summed E-state index contributed by atoms with van der Waals surface area (Å²) >= 11 is 1.86. The van der Waals surface area contributed by atoms with E-state index in [1.807, 2.05) is 31.7 Å². The number of hydrogen-bond donors (Lipinski definition) is 0. The quantitative estimate of drug-likeness (QED) is 0.578. The smallest absolute Gasteiger partial charge is 0.309 e. The van der Waals surface area contributed by atoms with Crippen molar-refractivity contribution in [3.63, 3.8) is 0 Å². The number of benzene rings is 1. The SMILES string of the molecule is C[C@@H]1[C@@H](CC(C)(C)CSc2ccccc2)C(=O)OC1(C)C.